The zero-order valence-electron chi connectivity index (χ0n) is 18.4. The Labute approximate surface area is 182 Å². The number of carbonyl (C=O) groups is 3. The third kappa shape index (κ3) is 7.65. The van der Waals surface area contributed by atoms with Crippen LogP contribution in [0.25, 0.3) is 0 Å². The molecule has 2 aromatic rings. The predicted octanol–water partition coefficient (Wildman–Crippen LogP) is 3.86. The molecule has 8 heteroatoms. The SMILES string of the molecule is CCN(Cc1ccccc1NC(=O)c1ccc(CNC(N)=O)cc1)C(=O)OC(C)(C)C. The average molecular weight is 427 g/mol. The van der Waals surface area contributed by atoms with E-state index in [0.717, 1.165) is 11.1 Å². The van der Waals surface area contributed by atoms with Gasteiger partial charge in [-0.25, -0.2) is 9.59 Å². The van der Waals surface area contributed by atoms with Crippen molar-refractivity contribution in [3.63, 3.8) is 0 Å². The molecule has 8 nitrogen and oxygen atoms in total. The van der Waals surface area contributed by atoms with Gasteiger partial charge >= 0.3 is 12.1 Å². The van der Waals surface area contributed by atoms with Gasteiger partial charge in [-0.2, -0.15) is 0 Å². The smallest absolute Gasteiger partial charge is 0.410 e. The van der Waals surface area contributed by atoms with Gasteiger partial charge in [-0.05, 0) is 57.0 Å². The van der Waals surface area contributed by atoms with Crippen molar-refractivity contribution in [2.24, 2.45) is 5.73 Å². The first-order valence-corrected chi connectivity index (χ1v) is 10.1. The summed E-state index contributed by atoms with van der Waals surface area (Å²) in [6.07, 6.45) is -0.406. The van der Waals surface area contributed by atoms with E-state index in [-0.39, 0.29) is 12.5 Å². The maximum Gasteiger partial charge on any atom is 0.410 e. The summed E-state index contributed by atoms with van der Waals surface area (Å²) in [6, 6.07) is 13.6. The first kappa shape index (κ1) is 23.7. The van der Waals surface area contributed by atoms with Crippen LogP contribution in [0.2, 0.25) is 0 Å². The van der Waals surface area contributed by atoms with E-state index in [2.05, 4.69) is 10.6 Å². The van der Waals surface area contributed by atoms with Crippen LogP contribution in [0.4, 0.5) is 15.3 Å². The number of ether oxygens (including phenoxy) is 1. The van der Waals surface area contributed by atoms with E-state index in [1.807, 2.05) is 45.9 Å². The highest BCUT2D eigenvalue weighted by atomic mass is 16.6. The zero-order valence-corrected chi connectivity index (χ0v) is 18.4. The quantitative estimate of drug-likeness (QED) is 0.624. The lowest BCUT2D eigenvalue weighted by atomic mass is 10.1. The molecule has 0 unspecified atom stereocenters. The van der Waals surface area contributed by atoms with Gasteiger partial charge in [0.15, 0.2) is 0 Å². The van der Waals surface area contributed by atoms with Gasteiger partial charge < -0.3 is 26.0 Å². The molecule has 0 aromatic heterocycles. The number of benzene rings is 2. The van der Waals surface area contributed by atoms with Gasteiger partial charge in [0.2, 0.25) is 0 Å². The first-order chi connectivity index (χ1) is 14.6. The van der Waals surface area contributed by atoms with E-state index >= 15 is 0 Å². The number of hydrogen-bond acceptors (Lipinski definition) is 4. The van der Waals surface area contributed by atoms with Crippen LogP contribution in [0.5, 0.6) is 0 Å². The number of nitrogens with one attached hydrogen (secondary N) is 2. The number of carbonyl (C=O) groups excluding carboxylic acids is 3. The van der Waals surface area contributed by atoms with Gasteiger partial charge in [0.05, 0.1) is 6.54 Å². The number of urea groups is 1. The zero-order chi connectivity index (χ0) is 23.0. The van der Waals surface area contributed by atoms with Crippen LogP contribution >= 0.6 is 0 Å². The van der Waals surface area contributed by atoms with Crippen LogP contribution in [-0.2, 0) is 17.8 Å². The van der Waals surface area contributed by atoms with E-state index < -0.39 is 17.7 Å². The van der Waals surface area contributed by atoms with E-state index in [4.69, 9.17) is 10.5 Å². The molecule has 0 fully saturated rings. The minimum absolute atomic E-state index is 0.276. The number of amides is 4. The molecule has 4 N–H and O–H groups in total. The van der Waals surface area contributed by atoms with E-state index in [0.29, 0.717) is 24.3 Å². The lowest BCUT2D eigenvalue weighted by Crippen LogP contribution is -2.36. The summed E-state index contributed by atoms with van der Waals surface area (Å²) < 4.78 is 5.46. The highest BCUT2D eigenvalue weighted by Gasteiger charge is 2.22. The Balaban J connectivity index is 2.10. The Hall–Kier alpha value is -3.55. The summed E-state index contributed by atoms with van der Waals surface area (Å²) in [4.78, 5) is 37.6. The fourth-order valence-electron chi connectivity index (χ4n) is 2.78. The van der Waals surface area contributed by atoms with Gasteiger partial charge in [0.1, 0.15) is 5.60 Å². The molecule has 166 valence electrons. The number of rotatable bonds is 7. The molecule has 2 rings (SSSR count). The molecule has 0 spiro atoms. The van der Waals surface area contributed by atoms with E-state index in [1.54, 1.807) is 35.2 Å². The fourth-order valence-corrected chi connectivity index (χ4v) is 2.78. The molecule has 0 aliphatic heterocycles. The van der Waals surface area contributed by atoms with Crippen molar-refractivity contribution in [1.29, 1.82) is 0 Å². The number of nitrogens with two attached hydrogens (primary N) is 1. The standard InChI is InChI=1S/C23H30N4O4/c1-5-27(22(30)31-23(2,3)4)15-18-8-6-7-9-19(18)26-20(28)17-12-10-16(11-13-17)14-25-21(24)29/h6-13H,5,14-15H2,1-4H3,(H,26,28)(H3,24,25,29). The first-order valence-electron chi connectivity index (χ1n) is 10.1. The largest absolute Gasteiger partial charge is 0.444 e. The van der Waals surface area contributed by atoms with Gasteiger partial charge in [-0.15, -0.1) is 0 Å². The highest BCUT2D eigenvalue weighted by Crippen LogP contribution is 2.20. The molecule has 4 amide bonds. The van der Waals surface area contributed by atoms with Gasteiger partial charge in [-0.1, -0.05) is 30.3 Å². The van der Waals surface area contributed by atoms with Crippen molar-refractivity contribution in [1.82, 2.24) is 10.2 Å². The van der Waals surface area contributed by atoms with Crippen LogP contribution in [0.3, 0.4) is 0 Å². The summed E-state index contributed by atoms with van der Waals surface area (Å²) in [7, 11) is 0. The molecule has 0 radical (unpaired) electrons. The molecule has 31 heavy (non-hydrogen) atoms. The van der Waals surface area contributed by atoms with Crippen LogP contribution < -0.4 is 16.4 Å². The number of para-hydroxylation sites is 1. The van der Waals surface area contributed by atoms with Crippen molar-refractivity contribution in [2.75, 3.05) is 11.9 Å². The number of anilines is 1. The maximum absolute atomic E-state index is 12.7. The van der Waals surface area contributed by atoms with Gasteiger partial charge in [-0.3, -0.25) is 4.79 Å². The van der Waals surface area contributed by atoms with Crippen molar-refractivity contribution in [3.8, 4) is 0 Å². The normalized spacial score (nSPS) is 10.8. The van der Waals surface area contributed by atoms with Crippen molar-refractivity contribution in [3.05, 3.63) is 65.2 Å². The van der Waals surface area contributed by atoms with E-state index in [1.165, 1.54) is 0 Å². The second-order valence-corrected chi connectivity index (χ2v) is 8.02. The summed E-state index contributed by atoms with van der Waals surface area (Å²) in [5.41, 5.74) is 7.19. The van der Waals surface area contributed by atoms with Gasteiger partial charge in [0.25, 0.3) is 5.91 Å². The topological polar surface area (TPSA) is 114 Å². The predicted molar refractivity (Wildman–Crippen MR) is 120 cm³/mol. The molecular weight excluding hydrogens is 396 g/mol. The molecule has 0 saturated heterocycles. The molecule has 0 aliphatic rings. The second kappa shape index (κ2) is 10.5. The van der Waals surface area contributed by atoms with Crippen LogP contribution in [0.15, 0.2) is 48.5 Å². The average Bonchev–Trinajstić information content (AvgIpc) is 2.70. The van der Waals surface area contributed by atoms with Crippen LogP contribution in [-0.4, -0.2) is 35.1 Å². The lowest BCUT2D eigenvalue weighted by Gasteiger charge is -2.27. The van der Waals surface area contributed by atoms with Crippen molar-refractivity contribution < 1.29 is 19.1 Å². The third-order valence-electron chi connectivity index (χ3n) is 4.34. The van der Waals surface area contributed by atoms with E-state index in [9.17, 15) is 14.4 Å². The minimum Gasteiger partial charge on any atom is -0.444 e. The Morgan fingerprint density at radius 2 is 1.68 bits per heavy atom. The summed E-state index contributed by atoms with van der Waals surface area (Å²) in [5.74, 6) is -0.276. The Morgan fingerprint density at radius 3 is 2.26 bits per heavy atom. The van der Waals surface area contributed by atoms with Gasteiger partial charge in [0, 0.05) is 24.3 Å². The lowest BCUT2D eigenvalue weighted by molar-refractivity contribution is 0.0245. The molecule has 0 bridgehead atoms. The van der Waals surface area contributed by atoms with Crippen molar-refractivity contribution in [2.45, 2.75) is 46.4 Å². The highest BCUT2D eigenvalue weighted by molar-refractivity contribution is 6.04. The molecular formula is C23H30N4O4. The molecule has 0 aliphatic carbocycles. The number of primary amides is 1. The Morgan fingerprint density at radius 1 is 1.03 bits per heavy atom. The Bertz CT molecular complexity index is 920. The summed E-state index contributed by atoms with van der Waals surface area (Å²) in [5, 5.41) is 5.41. The van der Waals surface area contributed by atoms with Crippen molar-refractivity contribution >= 4 is 23.7 Å². The molecule has 0 saturated carbocycles. The molecule has 0 heterocycles. The molecule has 2 aromatic carbocycles. The summed E-state index contributed by atoms with van der Waals surface area (Å²) in [6.45, 7) is 8.40. The van der Waals surface area contributed by atoms with Crippen LogP contribution in [0.1, 0.15) is 49.2 Å². The number of nitrogens with zero attached hydrogens (tertiary/aromatic N) is 1. The second-order valence-electron chi connectivity index (χ2n) is 8.02. The minimum atomic E-state index is -0.606. The fraction of sp³-hybridized carbons (Fsp3) is 0.348. The van der Waals surface area contributed by atoms with Crippen LogP contribution in [0, 0.1) is 0 Å². The third-order valence-corrected chi connectivity index (χ3v) is 4.34. The molecule has 0 atom stereocenters. The maximum atomic E-state index is 12.7. The monoisotopic (exact) mass is 426 g/mol. The summed E-state index contributed by atoms with van der Waals surface area (Å²) >= 11 is 0. The number of hydrogen-bond donors (Lipinski definition) is 3. The Kier molecular flexibility index (Phi) is 8.01.